The standard InChI is InChI=1S/C4H7ClN.ClH/c1-4(2,5)3-6;/h3H,1-2H3;1H/q+1;/p-1. The molecule has 0 aromatic carbocycles. The van der Waals surface area contributed by atoms with Gasteiger partial charge in [-0.05, 0) is 13.8 Å². The molecule has 0 aromatic heterocycles. The van der Waals surface area contributed by atoms with Crippen molar-refractivity contribution < 1.29 is 12.4 Å². The van der Waals surface area contributed by atoms with Crippen LogP contribution < -0.4 is 17.8 Å². The Kier molecular flexibility index (Phi) is 4.81. The molecule has 0 aliphatic rings. The molecule has 0 amide bonds. The van der Waals surface area contributed by atoms with Crippen LogP contribution in [-0.4, -0.2) is 11.1 Å². The van der Waals surface area contributed by atoms with Crippen molar-refractivity contribution in [2.45, 2.75) is 18.7 Å². The summed E-state index contributed by atoms with van der Waals surface area (Å²) < 4.78 is 0. The predicted molar refractivity (Wildman–Crippen MR) is 28.1 cm³/mol. The van der Waals surface area contributed by atoms with E-state index in [4.69, 9.17) is 17.0 Å². The van der Waals surface area contributed by atoms with E-state index < -0.39 is 4.87 Å². The van der Waals surface area contributed by atoms with Gasteiger partial charge in [-0.3, -0.25) is 0 Å². The van der Waals surface area contributed by atoms with Crippen molar-refractivity contribution in [3.8, 4) is 0 Å². The summed E-state index contributed by atoms with van der Waals surface area (Å²) >= 11 is 5.41. The molecule has 0 unspecified atom stereocenters. The lowest BCUT2D eigenvalue weighted by Gasteiger charge is -1.94. The molecular weight excluding hydrogens is 133 g/mol. The Morgan fingerprint density at radius 1 is 1.57 bits per heavy atom. The molecule has 0 atom stereocenters. The molecule has 0 spiro atoms. The minimum atomic E-state index is -0.556. The third kappa shape index (κ3) is 10.7. The average molecular weight is 140 g/mol. The van der Waals surface area contributed by atoms with Gasteiger partial charge in [0.2, 0.25) is 0 Å². The summed E-state index contributed by atoms with van der Waals surface area (Å²) in [5.74, 6) is 0. The van der Waals surface area contributed by atoms with Crippen molar-refractivity contribution >= 4 is 17.8 Å². The van der Waals surface area contributed by atoms with Gasteiger partial charge in [0, 0.05) is 0 Å². The van der Waals surface area contributed by atoms with Crippen molar-refractivity contribution in [2.24, 2.45) is 0 Å². The van der Waals surface area contributed by atoms with Gasteiger partial charge in [-0.1, -0.05) is 0 Å². The number of alkyl halides is 1. The van der Waals surface area contributed by atoms with Crippen LogP contribution in [0, 0.1) is 0 Å². The SMILES string of the molecule is CC(C)(Cl)C=[N+].[Cl-]. The Labute approximate surface area is 55.0 Å². The fourth-order valence-electron chi connectivity index (χ4n) is 0. The Morgan fingerprint density at radius 3 is 1.71 bits per heavy atom. The van der Waals surface area contributed by atoms with Gasteiger partial charge in [-0.25, -0.2) is 0 Å². The molecule has 0 fully saturated rings. The van der Waals surface area contributed by atoms with Gasteiger partial charge >= 0.3 is 11.6 Å². The van der Waals surface area contributed by atoms with E-state index >= 15 is 0 Å². The Bertz CT molecular complexity index is 55.2. The molecule has 1 nitrogen and oxygen atoms in total. The summed E-state index contributed by atoms with van der Waals surface area (Å²) in [5, 5.41) is 8.15. The van der Waals surface area contributed by atoms with Crippen LogP contribution in [0.3, 0.4) is 0 Å². The van der Waals surface area contributed by atoms with Crippen molar-refractivity contribution in [1.29, 1.82) is 0 Å². The number of rotatable bonds is 1. The van der Waals surface area contributed by atoms with Crippen LogP contribution in [0.15, 0.2) is 0 Å². The lowest BCUT2D eigenvalue weighted by molar-refractivity contribution is -0.00000154. The molecule has 0 bridgehead atoms. The minimum Gasteiger partial charge on any atom is -1.00 e. The maximum Gasteiger partial charge on any atom is 0.416 e. The Morgan fingerprint density at radius 2 is 1.71 bits per heavy atom. The highest BCUT2D eigenvalue weighted by Gasteiger charge is 2.15. The van der Waals surface area contributed by atoms with Crippen LogP contribution in [0.25, 0.3) is 0 Å². The molecule has 0 saturated carbocycles. The quantitative estimate of drug-likeness (QED) is 0.293. The van der Waals surface area contributed by atoms with Crippen molar-refractivity contribution in [1.82, 2.24) is 5.41 Å². The van der Waals surface area contributed by atoms with Gasteiger partial charge in [-0.2, -0.15) is 0 Å². The fraction of sp³-hybridized carbons (Fsp3) is 0.750. The van der Waals surface area contributed by atoms with Crippen LogP contribution >= 0.6 is 11.6 Å². The fourth-order valence-corrected chi connectivity index (χ4v) is 0. The highest BCUT2D eigenvalue weighted by atomic mass is 35.5. The molecule has 42 valence electrons. The Hall–Kier alpha value is 0.250. The summed E-state index contributed by atoms with van der Waals surface area (Å²) in [4.78, 5) is -0.556. The van der Waals surface area contributed by atoms with E-state index in [1.165, 1.54) is 0 Å². The first-order valence-electron chi connectivity index (χ1n) is 1.74. The third-order valence-corrected chi connectivity index (χ3v) is 0.405. The van der Waals surface area contributed by atoms with Gasteiger partial charge in [0.25, 0.3) is 0 Å². The zero-order valence-corrected chi connectivity index (χ0v) is 5.79. The van der Waals surface area contributed by atoms with Crippen molar-refractivity contribution in [3.05, 3.63) is 0 Å². The van der Waals surface area contributed by atoms with Gasteiger partial charge in [0.1, 0.15) is 4.87 Å². The second-order valence-electron chi connectivity index (χ2n) is 1.69. The third-order valence-electron chi connectivity index (χ3n) is 0.307. The van der Waals surface area contributed by atoms with Gasteiger partial charge in [0.05, 0.1) is 0 Å². The van der Waals surface area contributed by atoms with E-state index in [0.29, 0.717) is 0 Å². The number of hydrogen-bond donors (Lipinski definition) is 0. The molecular formula is C4H7Cl2N. The second kappa shape index (κ2) is 3.28. The van der Waals surface area contributed by atoms with E-state index in [9.17, 15) is 0 Å². The van der Waals surface area contributed by atoms with Gasteiger partial charge in [-0.15, -0.1) is 11.6 Å². The number of hydrogen-bond acceptors (Lipinski definition) is 0. The average Bonchev–Trinajstić information content (AvgIpc) is 1.35. The lowest BCUT2D eigenvalue weighted by Crippen LogP contribution is -3.00. The van der Waals surface area contributed by atoms with E-state index in [2.05, 4.69) is 0 Å². The summed E-state index contributed by atoms with van der Waals surface area (Å²) in [6, 6.07) is 0. The summed E-state index contributed by atoms with van der Waals surface area (Å²) in [5.41, 5.74) is 0. The molecule has 2 radical (unpaired) electrons. The van der Waals surface area contributed by atoms with Crippen molar-refractivity contribution in [3.63, 3.8) is 0 Å². The second-order valence-corrected chi connectivity index (χ2v) is 2.67. The zero-order chi connectivity index (χ0) is 5.21. The monoisotopic (exact) mass is 139 g/mol. The molecule has 0 rings (SSSR count). The highest BCUT2D eigenvalue weighted by molar-refractivity contribution is 6.31. The zero-order valence-electron chi connectivity index (χ0n) is 4.28. The first-order chi connectivity index (χ1) is 2.56. The molecule has 3 heteroatoms. The predicted octanol–water partition coefficient (Wildman–Crippen LogP) is -2.12. The number of nitrogens with zero attached hydrogens (tertiary/aromatic N) is 1. The topological polar surface area (TPSA) is 22.3 Å². The molecule has 0 aliphatic heterocycles. The van der Waals surface area contributed by atoms with Crippen LogP contribution in [0.4, 0.5) is 0 Å². The molecule has 0 aromatic rings. The molecule has 7 heavy (non-hydrogen) atoms. The smallest absolute Gasteiger partial charge is 0.416 e. The van der Waals surface area contributed by atoms with Crippen LogP contribution in [-0.2, 0) is 0 Å². The van der Waals surface area contributed by atoms with Crippen LogP contribution in [0.1, 0.15) is 13.8 Å². The maximum atomic E-state index is 8.15. The van der Waals surface area contributed by atoms with E-state index in [-0.39, 0.29) is 12.4 Å². The normalized spacial score (nSPS) is 9.57. The Balaban J connectivity index is 0. The van der Waals surface area contributed by atoms with Gasteiger partial charge < -0.3 is 12.4 Å². The van der Waals surface area contributed by atoms with Gasteiger partial charge in [0.15, 0.2) is 0 Å². The molecule has 0 saturated heterocycles. The largest absolute Gasteiger partial charge is 1.00 e. The van der Waals surface area contributed by atoms with Crippen LogP contribution in [0.2, 0.25) is 0 Å². The maximum absolute atomic E-state index is 8.15. The summed E-state index contributed by atoms with van der Waals surface area (Å²) in [6.45, 7) is 3.41. The first-order valence-corrected chi connectivity index (χ1v) is 2.11. The first kappa shape index (κ1) is 10.3. The summed E-state index contributed by atoms with van der Waals surface area (Å²) in [7, 11) is 0. The minimum absolute atomic E-state index is 0. The molecule has 0 heterocycles. The van der Waals surface area contributed by atoms with E-state index in [0.717, 1.165) is 6.21 Å². The lowest BCUT2D eigenvalue weighted by atomic mass is 10.2. The summed E-state index contributed by atoms with van der Waals surface area (Å²) in [6.07, 6.45) is 0.953. The number of halogens is 2. The van der Waals surface area contributed by atoms with E-state index in [1.54, 1.807) is 13.8 Å². The highest BCUT2D eigenvalue weighted by Crippen LogP contribution is 2.05. The van der Waals surface area contributed by atoms with Crippen LogP contribution in [0.5, 0.6) is 0 Å². The van der Waals surface area contributed by atoms with E-state index in [1.807, 2.05) is 0 Å². The van der Waals surface area contributed by atoms with Crippen molar-refractivity contribution in [2.75, 3.05) is 0 Å². The molecule has 0 aliphatic carbocycles. The molecule has 0 N–H and O–H groups in total.